The lowest BCUT2D eigenvalue weighted by atomic mass is 10.0. The molecule has 4 heteroatoms. The van der Waals surface area contributed by atoms with Crippen LogP contribution < -0.4 is 9.47 Å². The Morgan fingerprint density at radius 3 is 2.35 bits per heavy atom. The molecule has 0 amide bonds. The van der Waals surface area contributed by atoms with E-state index in [1.165, 1.54) is 0 Å². The fourth-order valence-electron chi connectivity index (χ4n) is 3.17. The van der Waals surface area contributed by atoms with E-state index in [1.54, 1.807) is 14.2 Å². The van der Waals surface area contributed by atoms with Crippen LogP contribution in [0.4, 0.5) is 0 Å². The van der Waals surface area contributed by atoms with Crippen LogP contribution >= 0.6 is 0 Å². The van der Waals surface area contributed by atoms with Crippen molar-refractivity contribution in [1.29, 1.82) is 0 Å². The predicted molar refractivity (Wildman–Crippen MR) is 105 cm³/mol. The Morgan fingerprint density at radius 2 is 1.62 bits per heavy atom. The Bertz CT molecular complexity index is 1070. The average Bonchev–Trinajstić information content (AvgIpc) is 3.11. The van der Waals surface area contributed by atoms with Gasteiger partial charge in [-0.25, -0.2) is 4.98 Å². The zero-order chi connectivity index (χ0) is 18.1. The molecule has 0 saturated heterocycles. The lowest BCUT2D eigenvalue weighted by molar-refractivity contribution is 0.412. The van der Waals surface area contributed by atoms with Crippen molar-refractivity contribution in [3.05, 3.63) is 66.5 Å². The minimum Gasteiger partial charge on any atom is -0.497 e. The number of aromatic nitrogens is 2. The Kier molecular flexibility index (Phi) is 4.09. The molecular weight excluding hydrogens is 324 g/mol. The van der Waals surface area contributed by atoms with E-state index in [9.17, 15) is 0 Å². The van der Waals surface area contributed by atoms with Crippen LogP contribution in [0.3, 0.4) is 0 Å². The molecule has 0 atom stereocenters. The molecule has 2 heterocycles. The Morgan fingerprint density at radius 1 is 0.846 bits per heavy atom. The number of nitrogens with zero attached hydrogens (tertiary/aromatic N) is 1. The van der Waals surface area contributed by atoms with Gasteiger partial charge in [0.2, 0.25) is 0 Å². The quantitative estimate of drug-likeness (QED) is 0.552. The first kappa shape index (κ1) is 16.2. The number of methoxy groups -OCH3 is 2. The molecule has 130 valence electrons. The summed E-state index contributed by atoms with van der Waals surface area (Å²) in [5.41, 5.74) is 6.38. The molecule has 1 N–H and O–H groups in total. The van der Waals surface area contributed by atoms with Crippen LogP contribution in [0.15, 0.2) is 60.9 Å². The molecular formula is C22H20N2O2. The normalized spacial score (nSPS) is 10.9. The van der Waals surface area contributed by atoms with Crippen molar-refractivity contribution in [3.63, 3.8) is 0 Å². The second-order valence-electron chi connectivity index (χ2n) is 6.24. The van der Waals surface area contributed by atoms with Gasteiger partial charge < -0.3 is 14.5 Å². The average molecular weight is 344 g/mol. The predicted octanol–water partition coefficient (Wildman–Crippen LogP) is 5.22. The first-order valence-electron chi connectivity index (χ1n) is 8.46. The van der Waals surface area contributed by atoms with Gasteiger partial charge >= 0.3 is 0 Å². The number of pyridine rings is 1. The maximum Gasteiger partial charge on any atom is 0.137 e. The summed E-state index contributed by atoms with van der Waals surface area (Å²) in [4.78, 5) is 7.85. The topological polar surface area (TPSA) is 47.1 Å². The largest absolute Gasteiger partial charge is 0.497 e. The highest BCUT2D eigenvalue weighted by Gasteiger charge is 2.10. The van der Waals surface area contributed by atoms with Gasteiger partial charge in [-0.3, -0.25) is 0 Å². The second kappa shape index (κ2) is 6.56. The minimum absolute atomic E-state index is 0.846. The third kappa shape index (κ3) is 2.80. The number of ether oxygens (including phenoxy) is 2. The Labute approximate surface area is 152 Å². The van der Waals surface area contributed by atoms with E-state index >= 15 is 0 Å². The van der Waals surface area contributed by atoms with E-state index < -0.39 is 0 Å². The van der Waals surface area contributed by atoms with Gasteiger partial charge in [-0.05, 0) is 47.9 Å². The first-order valence-corrected chi connectivity index (χ1v) is 8.46. The van der Waals surface area contributed by atoms with Gasteiger partial charge in [-0.2, -0.15) is 0 Å². The molecule has 2 aromatic heterocycles. The fraction of sp³-hybridized carbons (Fsp3) is 0.136. The van der Waals surface area contributed by atoms with E-state index in [4.69, 9.17) is 9.47 Å². The van der Waals surface area contributed by atoms with Gasteiger partial charge in [0.1, 0.15) is 17.1 Å². The van der Waals surface area contributed by atoms with Gasteiger partial charge in [0.25, 0.3) is 0 Å². The minimum atomic E-state index is 0.846. The van der Waals surface area contributed by atoms with E-state index in [0.717, 1.165) is 50.3 Å². The van der Waals surface area contributed by atoms with Crippen molar-refractivity contribution in [2.75, 3.05) is 14.2 Å². The van der Waals surface area contributed by atoms with Crippen LogP contribution in [-0.2, 0) is 0 Å². The summed E-state index contributed by atoms with van der Waals surface area (Å²) in [6.45, 7) is 2.04. The SMILES string of the molecule is COc1ccc(-c2c[nH]c3ncc(-c4ccc(C)c(OC)c4)cc23)cc1. The van der Waals surface area contributed by atoms with Gasteiger partial charge in [0.05, 0.1) is 14.2 Å². The molecule has 0 unspecified atom stereocenters. The summed E-state index contributed by atoms with van der Waals surface area (Å²) in [5, 5.41) is 1.09. The van der Waals surface area contributed by atoms with Crippen LogP contribution in [0, 0.1) is 6.92 Å². The number of rotatable bonds is 4. The molecule has 0 saturated carbocycles. The van der Waals surface area contributed by atoms with E-state index in [-0.39, 0.29) is 0 Å². The standard InChI is InChI=1S/C22H20N2O2/c1-14-4-5-16(11-21(14)26-3)17-10-19-20(13-24-22(19)23-12-17)15-6-8-18(25-2)9-7-15/h4-13H,1-3H3,(H,23,24). The van der Waals surface area contributed by atoms with Gasteiger partial charge in [0, 0.05) is 28.9 Å². The third-order valence-corrected chi connectivity index (χ3v) is 4.67. The Hall–Kier alpha value is -3.27. The van der Waals surface area contributed by atoms with Crippen LogP contribution in [-0.4, -0.2) is 24.2 Å². The number of aromatic amines is 1. The summed E-state index contributed by atoms with van der Waals surface area (Å²) in [5.74, 6) is 1.73. The number of aryl methyl sites for hydroxylation is 1. The molecule has 0 bridgehead atoms. The zero-order valence-corrected chi connectivity index (χ0v) is 15.0. The molecule has 4 nitrogen and oxygen atoms in total. The highest BCUT2D eigenvalue weighted by Crippen LogP contribution is 2.33. The van der Waals surface area contributed by atoms with E-state index in [0.29, 0.717) is 0 Å². The van der Waals surface area contributed by atoms with Gasteiger partial charge in [-0.15, -0.1) is 0 Å². The molecule has 0 aliphatic carbocycles. The molecule has 0 fully saturated rings. The van der Waals surface area contributed by atoms with E-state index in [2.05, 4.69) is 46.4 Å². The van der Waals surface area contributed by atoms with Crippen molar-refractivity contribution in [3.8, 4) is 33.8 Å². The van der Waals surface area contributed by atoms with Crippen LogP contribution in [0.25, 0.3) is 33.3 Å². The highest BCUT2D eigenvalue weighted by molar-refractivity contribution is 5.95. The molecule has 0 aliphatic rings. The molecule has 0 aliphatic heterocycles. The molecule has 4 aromatic rings. The zero-order valence-electron chi connectivity index (χ0n) is 15.0. The summed E-state index contributed by atoms with van der Waals surface area (Å²) in [6, 6.07) is 16.4. The number of hydrogen-bond donors (Lipinski definition) is 1. The third-order valence-electron chi connectivity index (χ3n) is 4.67. The van der Waals surface area contributed by atoms with Crippen molar-refractivity contribution in [2.45, 2.75) is 6.92 Å². The summed E-state index contributed by atoms with van der Waals surface area (Å²) < 4.78 is 10.7. The number of H-pyrrole nitrogens is 1. The van der Waals surface area contributed by atoms with Crippen molar-refractivity contribution in [1.82, 2.24) is 9.97 Å². The molecule has 0 radical (unpaired) electrons. The molecule has 4 rings (SSSR count). The molecule has 26 heavy (non-hydrogen) atoms. The number of fused-ring (bicyclic) bond motifs is 1. The fourth-order valence-corrected chi connectivity index (χ4v) is 3.17. The number of benzene rings is 2. The number of nitrogens with one attached hydrogen (secondary N) is 1. The van der Waals surface area contributed by atoms with Crippen molar-refractivity contribution in [2.24, 2.45) is 0 Å². The summed E-state index contributed by atoms with van der Waals surface area (Å²) in [6.07, 6.45) is 3.89. The molecule has 2 aromatic carbocycles. The van der Waals surface area contributed by atoms with E-state index in [1.807, 2.05) is 31.5 Å². The first-order chi connectivity index (χ1) is 12.7. The highest BCUT2D eigenvalue weighted by atomic mass is 16.5. The van der Waals surface area contributed by atoms with Gasteiger partial charge in [0.15, 0.2) is 0 Å². The van der Waals surface area contributed by atoms with Gasteiger partial charge in [-0.1, -0.05) is 24.3 Å². The summed E-state index contributed by atoms with van der Waals surface area (Å²) in [7, 11) is 3.37. The van der Waals surface area contributed by atoms with Crippen LogP contribution in [0.1, 0.15) is 5.56 Å². The second-order valence-corrected chi connectivity index (χ2v) is 6.24. The maximum absolute atomic E-state index is 5.46. The molecule has 0 spiro atoms. The van der Waals surface area contributed by atoms with Crippen LogP contribution in [0.5, 0.6) is 11.5 Å². The lowest BCUT2D eigenvalue weighted by Crippen LogP contribution is -1.89. The Balaban J connectivity index is 1.81. The monoisotopic (exact) mass is 344 g/mol. The van der Waals surface area contributed by atoms with Crippen LogP contribution in [0.2, 0.25) is 0 Å². The van der Waals surface area contributed by atoms with Crippen molar-refractivity contribution < 1.29 is 9.47 Å². The maximum atomic E-state index is 5.46. The van der Waals surface area contributed by atoms with Crippen molar-refractivity contribution >= 4 is 11.0 Å². The smallest absolute Gasteiger partial charge is 0.137 e. The lowest BCUT2D eigenvalue weighted by Gasteiger charge is -2.08. The summed E-state index contributed by atoms with van der Waals surface area (Å²) >= 11 is 0. The number of hydrogen-bond acceptors (Lipinski definition) is 3.